The minimum Gasteiger partial charge on any atom is -0.507 e. The molecule has 3 rings (SSSR count). The van der Waals surface area contributed by atoms with Crippen molar-refractivity contribution in [1.82, 2.24) is 0 Å². The van der Waals surface area contributed by atoms with Crippen LogP contribution in [-0.2, 0) is 12.8 Å². The van der Waals surface area contributed by atoms with E-state index in [9.17, 15) is 9.90 Å². The summed E-state index contributed by atoms with van der Waals surface area (Å²) in [6.45, 7) is 2.22. The highest BCUT2D eigenvalue weighted by atomic mass is 79.9. The monoisotopic (exact) mass is 392 g/mol. The largest absolute Gasteiger partial charge is 0.507 e. The first-order valence-electron chi connectivity index (χ1n) is 7.42. The highest BCUT2D eigenvalue weighted by Crippen LogP contribution is 2.41. The Morgan fingerprint density at radius 2 is 2.30 bits per heavy atom. The van der Waals surface area contributed by atoms with Gasteiger partial charge in [0.1, 0.15) is 10.8 Å². The van der Waals surface area contributed by atoms with Gasteiger partial charge in [0.2, 0.25) is 0 Å². The summed E-state index contributed by atoms with van der Waals surface area (Å²) in [4.78, 5) is 17.5. The number of halogens is 1. The maximum Gasteiger partial charge on any atom is 0.252 e. The van der Waals surface area contributed by atoms with Gasteiger partial charge in [-0.25, -0.2) is 4.99 Å². The van der Waals surface area contributed by atoms with E-state index in [1.165, 1.54) is 16.2 Å². The van der Waals surface area contributed by atoms with Crippen molar-refractivity contribution in [1.29, 1.82) is 0 Å². The third kappa shape index (κ3) is 3.33. The van der Waals surface area contributed by atoms with E-state index >= 15 is 0 Å². The van der Waals surface area contributed by atoms with Crippen LogP contribution in [0.2, 0.25) is 0 Å². The molecule has 1 aromatic heterocycles. The number of hydrogen-bond acceptors (Lipinski definition) is 4. The van der Waals surface area contributed by atoms with Crippen molar-refractivity contribution in [3.63, 3.8) is 0 Å². The summed E-state index contributed by atoms with van der Waals surface area (Å²) >= 11 is 4.90. The standard InChI is InChI=1S/C17H17BrN2O2S/c1-9-2-4-12-14(6-9)23-17(15(12)16(19)22)20-8-10-7-11(18)3-5-13(10)21/h3,5,7-9,21H,2,4,6H2,1H3,(H2,19,22). The lowest BCUT2D eigenvalue weighted by Gasteiger charge is -2.18. The van der Waals surface area contributed by atoms with Crippen LogP contribution in [0.4, 0.5) is 5.00 Å². The van der Waals surface area contributed by atoms with Gasteiger partial charge in [0, 0.05) is 21.1 Å². The maximum atomic E-state index is 11.9. The number of rotatable bonds is 3. The molecule has 1 aliphatic rings. The van der Waals surface area contributed by atoms with Crippen LogP contribution >= 0.6 is 27.3 Å². The molecule has 0 saturated carbocycles. The summed E-state index contributed by atoms with van der Waals surface area (Å²) in [6.07, 6.45) is 4.49. The Labute approximate surface area is 147 Å². The number of primary amides is 1. The van der Waals surface area contributed by atoms with E-state index in [0.29, 0.717) is 22.0 Å². The molecule has 23 heavy (non-hydrogen) atoms. The summed E-state index contributed by atoms with van der Waals surface area (Å²) in [7, 11) is 0. The summed E-state index contributed by atoms with van der Waals surface area (Å²) in [6, 6.07) is 5.13. The predicted molar refractivity (Wildman–Crippen MR) is 97.1 cm³/mol. The number of carbonyl (C=O) groups is 1. The van der Waals surface area contributed by atoms with Crippen molar-refractivity contribution < 1.29 is 9.90 Å². The summed E-state index contributed by atoms with van der Waals surface area (Å²) < 4.78 is 0.853. The lowest BCUT2D eigenvalue weighted by atomic mass is 9.88. The molecule has 0 fully saturated rings. The first-order valence-corrected chi connectivity index (χ1v) is 9.03. The van der Waals surface area contributed by atoms with Crippen LogP contribution < -0.4 is 5.73 Å². The molecule has 1 aliphatic carbocycles. The van der Waals surface area contributed by atoms with Gasteiger partial charge in [-0.2, -0.15) is 0 Å². The lowest BCUT2D eigenvalue weighted by molar-refractivity contribution is 0.1000. The molecule has 2 aromatic rings. The molecule has 0 saturated heterocycles. The number of phenolic OH excluding ortho intramolecular Hbond substituents is 1. The third-order valence-corrected chi connectivity index (χ3v) is 5.71. The van der Waals surface area contributed by atoms with Crippen molar-refractivity contribution in [2.24, 2.45) is 16.6 Å². The van der Waals surface area contributed by atoms with Gasteiger partial charge >= 0.3 is 0 Å². The average molecular weight is 393 g/mol. The molecule has 1 amide bonds. The fourth-order valence-corrected chi connectivity index (χ4v) is 4.58. The average Bonchev–Trinajstić information content (AvgIpc) is 2.85. The normalized spacial score (nSPS) is 17.4. The van der Waals surface area contributed by atoms with Crippen LogP contribution in [0.25, 0.3) is 0 Å². The number of carbonyl (C=O) groups excluding carboxylic acids is 1. The highest BCUT2D eigenvalue weighted by Gasteiger charge is 2.26. The zero-order valence-corrected chi connectivity index (χ0v) is 15.1. The van der Waals surface area contributed by atoms with Gasteiger partial charge in [-0.1, -0.05) is 22.9 Å². The topological polar surface area (TPSA) is 75.7 Å². The van der Waals surface area contributed by atoms with Gasteiger partial charge in [0.05, 0.1) is 5.56 Å². The summed E-state index contributed by atoms with van der Waals surface area (Å²) in [5.41, 5.74) is 7.78. The molecule has 3 N–H and O–H groups in total. The van der Waals surface area contributed by atoms with E-state index in [1.807, 2.05) is 0 Å². The number of benzene rings is 1. The number of phenols is 1. The first-order chi connectivity index (χ1) is 11.0. The van der Waals surface area contributed by atoms with Crippen molar-refractivity contribution in [2.45, 2.75) is 26.2 Å². The maximum absolute atomic E-state index is 11.9. The molecule has 6 heteroatoms. The van der Waals surface area contributed by atoms with E-state index in [-0.39, 0.29) is 5.75 Å². The van der Waals surface area contributed by atoms with Crippen LogP contribution in [0.1, 0.15) is 39.7 Å². The van der Waals surface area contributed by atoms with Crippen LogP contribution in [-0.4, -0.2) is 17.2 Å². The van der Waals surface area contributed by atoms with Crippen molar-refractivity contribution in [2.75, 3.05) is 0 Å². The second-order valence-corrected chi connectivity index (χ2v) is 7.86. The Morgan fingerprint density at radius 3 is 3.04 bits per heavy atom. The van der Waals surface area contributed by atoms with Crippen LogP contribution in [0, 0.1) is 5.92 Å². The third-order valence-electron chi connectivity index (χ3n) is 4.05. The molecule has 0 bridgehead atoms. The highest BCUT2D eigenvalue weighted by molar-refractivity contribution is 9.10. The van der Waals surface area contributed by atoms with Gasteiger partial charge in [-0.05, 0) is 48.9 Å². The van der Waals surface area contributed by atoms with E-state index in [1.54, 1.807) is 24.4 Å². The van der Waals surface area contributed by atoms with Crippen molar-refractivity contribution in [3.8, 4) is 5.75 Å². The molecule has 1 unspecified atom stereocenters. The Bertz CT molecular complexity index is 798. The fraction of sp³-hybridized carbons (Fsp3) is 0.294. The summed E-state index contributed by atoms with van der Waals surface area (Å²) in [5.74, 6) is 0.336. The zero-order valence-electron chi connectivity index (χ0n) is 12.7. The number of nitrogens with two attached hydrogens (primary N) is 1. The minimum atomic E-state index is -0.428. The molecule has 1 heterocycles. The quantitative estimate of drug-likeness (QED) is 0.768. The van der Waals surface area contributed by atoms with Gasteiger partial charge in [0.15, 0.2) is 0 Å². The van der Waals surface area contributed by atoms with Gasteiger partial charge in [0.25, 0.3) is 5.91 Å². The fourth-order valence-electron chi connectivity index (χ4n) is 2.84. The molecule has 4 nitrogen and oxygen atoms in total. The number of fused-ring (bicyclic) bond motifs is 1. The Morgan fingerprint density at radius 1 is 1.52 bits per heavy atom. The number of nitrogens with zero attached hydrogens (tertiary/aromatic N) is 1. The predicted octanol–water partition coefficient (Wildman–Crippen LogP) is 4.19. The van der Waals surface area contributed by atoms with E-state index in [2.05, 4.69) is 27.8 Å². The molecule has 1 atom stereocenters. The molecule has 0 radical (unpaired) electrons. The van der Waals surface area contributed by atoms with E-state index in [4.69, 9.17) is 5.73 Å². The lowest BCUT2D eigenvalue weighted by Crippen LogP contribution is -2.16. The number of aromatic hydroxyl groups is 1. The number of hydrogen-bond donors (Lipinski definition) is 2. The SMILES string of the molecule is CC1CCc2c(sc(N=Cc3cc(Br)ccc3O)c2C(N)=O)C1. The number of amides is 1. The Hall–Kier alpha value is -1.66. The van der Waals surface area contributed by atoms with Crippen molar-refractivity contribution in [3.05, 3.63) is 44.2 Å². The van der Waals surface area contributed by atoms with Crippen LogP contribution in [0.15, 0.2) is 27.7 Å². The van der Waals surface area contributed by atoms with Gasteiger partial charge < -0.3 is 10.8 Å². The van der Waals surface area contributed by atoms with Crippen molar-refractivity contribution >= 4 is 44.4 Å². The smallest absolute Gasteiger partial charge is 0.252 e. The molecular formula is C17H17BrN2O2S. The van der Waals surface area contributed by atoms with Crippen LogP contribution in [0.5, 0.6) is 5.75 Å². The number of aliphatic imine (C=N–C) groups is 1. The second-order valence-electron chi connectivity index (χ2n) is 5.86. The zero-order chi connectivity index (χ0) is 16.6. The molecule has 0 aliphatic heterocycles. The van der Waals surface area contributed by atoms with E-state index < -0.39 is 5.91 Å². The molecular weight excluding hydrogens is 376 g/mol. The van der Waals surface area contributed by atoms with Gasteiger partial charge in [-0.3, -0.25) is 4.79 Å². The molecule has 1 aromatic carbocycles. The summed E-state index contributed by atoms with van der Waals surface area (Å²) in [5, 5.41) is 10.5. The Kier molecular flexibility index (Phi) is 4.55. The minimum absolute atomic E-state index is 0.146. The van der Waals surface area contributed by atoms with Crippen LogP contribution in [0.3, 0.4) is 0 Å². The van der Waals surface area contributed by atoms with Gasteiger partial charge in [-0.15, -0.1) is 11.3 Å². The van der Waals surface area contributed by atoms with E-state index in [0.717, 1.165) is 29.3 Å². The first kappa shape index (κ1) is 16.2. The molecule has 0 spiro atoms. The Balaban J connectivity index is 2.01. The number of thiophene rings is 1. The molecule has 120 valence electrons. The second kappa shape index (κ2) is 6.45.